The van der Waals surface area contributed by atoms with Gasteiger partial charge in [-0.1, -0.05) is 30.3 Å². The Kier molecular flexibility index (Phi) is 3.41. The Labute approximate surface area is 103 Å². The van der Waals surface area contributed by atoms with Gasteiger partial charge in [0.25, 0.3) is 0 Å². The van der Waals surface area contributed by atoms with Crippen LogP contribution in [0.5, 0.6) is 0 Å². The van der Waals surface area contributed by atoms with Gasteiger partial charge in [-0.15, -0.1) is 0 Å². The first-order chi connectivity index (χ1) is 8.40. The van der Waals surface area contributed by atoms with E-state index in [4.69, 9.17) is 4.74 Å². The molecule has 3 nitrogen and oxygen atoms in total. The van der Waals surface area contributed by atoms with Gasteiger partial charge < -0.3 is 4.74 Å². The summed E-state index contributed by atoms with van der Waals surface area (Å²) in [5.41, 5.74) is 1.42. The Bertz CT molecular complexity index is 342. The molecule has 0 bridgehead atoms. The molecule has 0 aromatic heterocycles. The average Bonchev–Trinajstić information content (AvgIpc) is 3.17. The van der Waals surface area contributed by atoms with Crippen LogP contribution < -0.4 is 0 Å². The molecule has 1 atom stereocenters. The standard InChI is InChI=1S/C14H20N2O/c1-2-4-13(5-3-1)10-15-6-8-16(9-7-15)11-14-12-17-14/h1-5,14H,6-12H2. The highest BCUT2D eigenvalue weighted by atomic mass is 16.6. The lowest BCUT2D eigenvalue weighted by Gasteiger charge is -2.34. The van der Waals surface area contributed by atoms with Crippen molar-refractivity contribution in [3.63, 3.8) is 0 Å². The van der Waals surface area contributed by atoms with Gasteiger partial charge in [0.1, 0.15) is 0 Å². The molecule has 2 fully saturated rings. The minimum Gasteiger partial charge on any atom is -0.372 e. The second-order valence-electron chi connectivity index (χ2n) is 5.02. The zero-order valence-corrected chi connectivity index (χ0v) is 10.2. The lowest BCUT2D eigenvalue weighted by molar-refractivity contribution is 0.120. The number of rotatable bonds is 4. The summed E-state index contributed by atoms with van der Waals surface area (Å²) < 4.78 is 5.28. The predicted octanol–water partition coefficient (Wildman–Crippen LogP) is 1.20. The summed E-state index contributed by atoms with van der Waals surface area (Å²) in [5.74, 6) is 0. The molecule has 3 heteroatoms. The van der Waals surface area contributed by atoms with E-state index < -0.39 is 0 Å². The second kappa shape index (κ2) is 5.17. The molecule has 2 aliphatic rings. The van der Waals surface area contributed by atoms with Gasteiger partial charge in [-0.2, -0.15) is 0 Å². The fourth-order valence-corrected chi connectivity index (χ4v) is 2.43. The average molecular weight is 232 g/mol. The fourth-order valence-electron chi connectivity index (χ4n) is 2.43. The quantitative estimate of drug-likeness (QED) is 0.727. The number of ether oxygens (including phenoxy) is 1. The molecule has 1 aromatic carbocycles. The van der Waals surface area contributed by atoms with Gasteiger partial charge in [0.15, 0.2) is 0 Å². The van der Waals surface area contributed by atoms with Gasteiger partial charge >= 0.3 is 0 Å². The van der Waals surface area contributed by atoms with Crippen molar-refractivity contribution in [2.24, 2.45) is 0 Å². The number of piperazine rings is 1. The lowest BCUT2D eigenvalue weighted by Crippen LogP contribution is -2.46. The summed E-state index contributed by atoms with van der Waals surface area (Å²) in [4.78, 5) is 5.07. The van der Waals surface area contributed by atoms with Crippen molar-refractivity contribution in [2.45, 2.75) is 12.6 Å². The summed E-state index contributed by atoms with van der Waals surface area (Å²) in [5, 5.41) is 0. The van der Waals surface area contributed by atoms with Crippen LogP contribution in [-0.4, -0.2) is 55.2 Å². The fraction of sp³-hybridized carbons (Fsp3) is 0.571. The monoisotopic (exact) mass is 232 g/mol. The molecule has 1 aromatic rings. The SMILES string of the molecule is c1ccc(CN2CCN(CC3CO3)CC2)cc1. The van der Waals surface area contributed by atoms with Gasteiger partial charge in [0, 0.05) is 39.3 Å². The molecule has 2 saturated heterocycles. The maximum Gasteiger partial charge on any atom is 0.0936 e. The second-order valence-corrected chi connectivity index (χ2v) is 5.02. The normalized spacial score (nSPS) is 26.0. The van der Waals surface area contributed by atoms with Crippen molar-refractivity contribution < 1.29 is 4.74 Å². The Morgan fingerprint density at radius 3 is 2.29 bits per heavy atom. The zero-order chi connectivity index (χ0) is 11.5. The molecule has 92 valence electrons. The molecule has 0 radical (unpaired) electrons. The first-order valence-electron chi connectivity index (χ1n) is 6.50. The van der Waals surface area contributed by atoms with Crippen molar-refractivity contribution in [3.8, 4) is 0 Å². The Morgan fingerprint density at radius 2 is 1.65 bits per heavy atom. The van der Waals surface area contributed by atoms with Gasteiger partial charge in [0.05, 0.1) is 12.7 Å². The number of epoxide rings is 1. The Balaban J connectivity index is 1.44. The van der Waals surface area contributed by atoms with Crippen LogP contribution in [0.4, 0.5) is 0 Å². The van der Waals surface area contributed by atoms with Crippen LogP contribution in [0.1, 0.15) is 5.56 Å². The van der Waals surface area contributed by atoms with E-state index in [-0.39, 0.29) is 0 Å². The van der Waals surface area contributed by atoms with Crippen LogP contribution in [0.2, 0.25) is 0 Å². The minimum atomic E-state index is 0.538. The van der Waals surface area contributed by atoms with Gasteiger partial charge in [0.2, 0.25) is 0 Å². The first kappa shape index (κ1) is 11.2. The van der Waals surface area contributed by atoms with Crippen molar-refractivity contribution in [1.29, 1.82) is 0 Å². The molecule has 0 amide bonds. The number of hydrogen-bond acceptors (Lipinski definition) is 3. The van der Waals surface area contributed by atoms with E-state index in [1.807, 2.05) is 0 Å². The molecular formula is C14H20N2O. The van der Waals surface area contributed by atoms with Crippen molar-refractivity contribution >= 4 is 0 Å². The number of hydrogen-bond donors (Lipinski definition) is 0. The summed E-state index contributed by atoms with van der Waals surface area (Å²) in [6.07, 6.45) is 0.538. The largest absolute Gasteiger partial charge is 0.372 e. The maximum atomic E-state index is 5.28. The van der Waals surface area contributed by atoms with Crippen LogP contribution in [0.15, 0.2) is 30.3 Å². The van der Waals surface area contributed by atoms with E-state index in [1.165, 1.54) is 31.7 Å². The number of nitrogens with zero attached hydrogens (tertiary/aromatic N) is 2. The van der Waals surface area contributed by atoms with E-state index in [2.05, 4.69) is 40.1 Å². The van der Waals surface area contributed by atoms with E-state index in [0.29, 0.717) is 6.10 Å². The van der Waals surface area contributed by atoms with Crippen LogP contribution in [-0.2, 0) is 11.3 Å². The molecule has 17 heavy (non-hydrogen) atoms. The smallest absolute Gasteiger partial charge is 0.0936 e. The maximum absolute atomic E-state index is 5.28. The molecule has 2 aliphatic heterocycles. The summed E-state index contributed by atoms with van der Waals surface area (Å²) in [6.45, 7) is 7.95. The highest BCUT2D eigenvalue weighted by Crippen LogP contribution is 2.13. The first-order valence-corrected chi connectivity index (χ1v) is 6.50. The Morgan fingerprint density at radius 1 is 1.00 bits per heavy atom. The molecule has 3 rings (SSSR count). The highest BCUT2D eigenvalue weighted by molar-refractivity contribution is 5.14. The third-order valence-electron chi connectivity index (χ3n) is 3.58. The van der Waals surface area contributed by atoms with E-state index in [1.54, 1.807) is 0 Å². The van der Waals surface area contributed by atoms with Crippen LogP contribution >= 0.6 is 0 Å². The van der Waals surface area contributed by atoms with Crippen LogP contribution in [0.3, 0.4) is 0 Å². The molecule has 0 saturated carbocycles. The minimum absolute atomic E-state index is 0.538. The number of benzene rings is 1. The molecule has 0 N–H and O–H groups in total. The van der Waals surface area contributed by atoms with Crippen molar-refractivity contribution in [3.05, 3.63) is 35.9 Å². The van der Waals surface area contributed by atoms with E-state index in [9.17, 15) is 0 Å². The third-order valence-corrected chi connectivity index (χ3v) is 3.58. The topological polar surface area (TPSA) is 19.0 Å². The summed E-state index contributed by atoms with van der Waals surface area (Å²) >= 11 is 0. The zero-order valence-electron chi connectivity index (χ0n) is 10.2. The van der Waals surface area contributed by atoms with Gasteiger partial charge in [-0.05, 0) is 5.56 Å². The summed E-state index contributed by atoms with van der Waals surface area (Å²) in [6, 6.07) is 10.7. The molecule has 2 heterocycles. The van der Waals surface area contributed by atoms with Crippen molar-refractivity contribution in [2.75, 3.05) is 39.3 Å². The molecular weight excluding hydrogens is 212 g/mol. The van der Waals surface area contributed by atoms with E-state index in [0.717, 1.165) is 19.7 Å². The molecule has 1 unspecified atom stereocenters. The predicted molar refractivity (Wildman–Crippen MR) is 67.9 cm³/mol. The summed E-state index contributed by atoms with van der Waals surface area (Å²) in [7, 11) is 0. The van der Waals surface area contributed by atoms with Crippen LogP contribution in [0, 0.1) is 0 Å². The van der Waals surface area contributed by atoms with Gasteiger partial charge in [-0.25, -0.2) is 0 Å². The molecule has 0 spiro atoms. The third kappa shape index (κ3) is 3.28. The van der Waals surface area contributed by atoms with Crippen molar-refractivity contribution in [1.82, 2.24) is 9.80 Å². The Hall–Kier alpha value is -0.900. The van der Waals surface area contributed by atoms with Gasteiger partial charge in [-0.3, -0.25) is 9.80 Å². The molecule has 0 aliphatic carbocycles. The highest BCUT2D eigenvalue weighted by Gasteiger charge is 2.27. The van der Waals surface area contributed by atoms with E-state index >= 15 is 0 Å². The van der Waals surface area contributed by atoms with Crippen LogP contribution in [0.25, 0.3) is 0 Å². The lowest BCUT2D eigenvalue weighted by atomic mass is 10.2.